The smallest absolute Gasteiger partial charge is 0.437 e. The van der Waals surface area contributed by atoms with Crippen LogP contribution in [0.15, 0.2) is 24.3 Å². The van der Waals surface area contributed by atoms with Gasteiger partial charge in [-0.2, -0.15) is 13.2 Å². The van der Waals surface area contributed by atoms with Crippen LogP contribution in [-0.2, 0) is 10.5 Å². The minimum atomic E-state index is -5.55. The Bertz CT molecular complexity index is 430. The van der Waals surface area contributed by atoms with E-state index in [4.69, 9.17) is 5.11 Å². The number of methoxy groups -OCH3 is 1. The normalized spacial score (nSPS) is 15.1. The first-order valence-corrected chi connectivity index (χ1v) is 4.37. The number of carboxylic acids is 1. The predicted octanol–water partition coefficient (Wildman–Crippen LogP) is 2.51. The second-order valence-corrected chi connectivity index (χ2v) is 3.19. The zero-order chi connectivity index (χ0) is 13.3. The van der Waals surface area contributed by atoms with Gasteiger partial charge in [-0.3, -0.25) is 0 Å². The quantitative estimate of drug-likeness (QED) is 0.841. The standard InChI is InChI=1S/C10H8F4O3/c1-17-7-4-2-3-6(5-7)9(11,8(15)16)10(12,13)14/h2-5H,1H3,(H,15,16). The van der Waals surface area contributed by atoms with Gasteiger partial charge in [0.2, 0.25) is 0 Å². The molecule has 0 aliphatic heterocycles. The van der Waals surface area contributed by atoms with Crippen molar-refractivity contribution in [2.24, 2.45) is 0 Å². The molecule has 1 unspecified atom stereocenters. The summed E-state index contributed by atoms with van der Waals surface area (Å²) in [5.74, 6) is -2.67. The molecule has 0 saturated heterocycles. The minimum absolute atomic E-state index is 0.0602. The van der Waals surface area contributed by atoms with Gasteiger partial charge < -0.3 is 9.84 Å². The maximum absolute atomic E-state index is 13.7. The van der Waals surface area contributed by atoms with E-state index in [1.165, 1.54) is 13.2 Å². The van der Waals surface area contributed by atoms with Gasteiger partial charge in [-0.1, -0.05) is 12.1 Å². The van der Waals surface area contributed by atoms with Crippen molar-refractivity contribution in [2.45, 2.75) is 11.8 Å². The molecule has 1 rings (SSSR count). The molecule has 0 fully saturated rings. The zero-order valence-corrected chi connectivity index (χ0v) is 8.58. The summed E-state index contributed by atoms with van der Waals surface area (Å²) < 4.78 is 55.7. The fourth-order valence-corrected chi connectivity index (χ4v) is 1.25. The summed E-state index contributed by atoms with van der Waals surface area (Å²) in [5.41, 5.74) is -5.47. The third-order valence-electron chi connectivity index (χ3n) is 2.15. The molecule has 0 aliphatic carbocycles. The van der Waals surface area contributed by atoms with Crippen molar-refractivity contribution >= 4 is 5.97 Å². The number of hydrogen-bond donors (Lipinski definition) is 1. The third kappa shape index (κ3) is 2.17. The van der Waals surface area contributed by atoms with E-state index < -0.39 is 23.4 Å². The first kappa shape index (κ1) is 13.3. The fourth-order valence-electron chi connectivity index (χ4n) is 1.25. The van der Waals surface area contributed by atoms with Crippen molar-refractivity contribution in [3.8, 4) is 5.75 Å². The molecule has 0 radical (unpaired) electrons. The fraction of sp³-hybridized carbons (Fsp3) is 0.300. The Morgan fingerprint density at radius 3 is 2.29 bits per heavy atom. The Labute approximate surface area is 93.6 Å². The molecule has 94 valence electrons. The van der Waals surface area contributed by atoms with Gasteiger partial charge in [0.25, 0.3) is 0 Å². The first-order chi connectivity index (χ1) is 7.73. The molecule has 0 spiro atoms. The molecular formula is C10H8F4O3. The number of alkyl halides is 4. The summed E-state index contributed by atoms with van der Waals surface area (Å²) in [6, 6.07) is 3.80. The maximum Gasteiger partial charge on any atom is 0.437 e. The average molecular weight is 252 g/mol. The van der Waals surface area contributed by atoms with Crippen LogP contribution < -0.4 is 4.74 Å². The molecule has 1 aromatic carbocycles. The summed E-state index contributed by atoms with van der Waals surface area (Å²) in [6.07, 6.45) is -5.55. The molecule has 0 amide bonds. The molecule has 0 saturated carbocycles. The van der Waals surface area contributed by atoms with Crippen molar-refractivity contribution in [3.05, 3.63) is 29.8 Å². The largest absolute Gasteiger partial charge is 0.497 e. The average Bonchev–Trinajstić information content (AvgIpc) is 2.26. The number of rotatable bonds is 3. The maximum atomic E-state index is 13.7. The van der Waals surface area contributed by atoms with Crippen LogP contribution in [0.25, 0.3) is 0 Å². The third-order valence-corrected chi connectivity index (χ3v) is 2.15. The van der Waals surface area contributed by atoms with Gasteiger partial charge in [0, 0.05) is 5.56 Å². The van der Waals surface area contributed by atoms with Crippen molar-refractivity contribution in [2.75, 3.05) is 7.11 Å². The van der Waals surface area contributed by atoms with Crippen LogP contribution >= 0.6 is 0 Å². The lowest BCUT2D eigenvalue weighted by Crippen LogP contribution is -2.45. The molecule has 1 aromatic rings. The van der Waals surface area contributed by atoms with E-state index in [1.54, 1.807) is 0 Å². The second-order valence-electron chi connectivity index (χ2n) is 3.19. The Balaban J connectivity index is 3.38. The number of carbonyl (C=O) groups is 1. The predicted molar refractivity (Wildman–Crippen MR) is 49.5 cm³/mol. The summed E-state index contributed by atoms with van der Waals surface area (Å²) in [6.45, 7) is 0. The van der Waals surface area contributed by atoms with Crippen LogP contribution in [0.1, 0.15) is 5.56 Å². The SMILES string of the molecule is COc1cccc(C(F)(C(=O)O)C(F)(F)F)c1. The van der Waals surface area contributed by atoms with E-state index in [1.807, 2.05) is 0 Å². The molecular weight excluding hydrogens is 244 g/mol. The lowest BCUT2D eigenvalue weighted by atomic mass is 9.95. The van der Waals surface area contributed by atoms with Gasteiger partial charge in [0.15, 0.2) is 0 Å². The van der Waals surface area contributed by atoms with Gasteiger partial charge in [-0.05, 0) is 12.1 Å². The van der Waals surface area contributed by atoms with Gasteiger partial charge in [-0.15, -0.1) is 0 Å². The van der Waals surface area contributed by atoms with E-state index in [9.17, 15) is 22.4 Å². The van der Waals surface area contributed by atoms with Crippen LogP contribution in [0.3, 0.4) is 0 Å². The molecule has 3 nitrogen and oxygen atoms in total. The minimum Gasteiger partial charge on any atom is -0.497 e. The van der Waals surface area contributed by atoms with E-state index in [2.05, 4.69) is 4.74 Å². The Hall–Kier alpha value is -1.79. The van der Waals surface area contributed by atoms with E-state index in [0.717, 1.165) is 12.1 Å². The Morgan fingerprint density at radius 1 is 1.29 bits per heavy atom. The molecule has 7 heteroatoms. The Kier molecular flexibility index (Phi) is 3.30. The summed E-state index contributed by atoms with van der Waals surface area (Å²) in [4.78, 5) is 10.5. The van der Waals surface area contributed by atoms with E-state index in [-0.39, 0.29) is 5.75 Å². The van der Waals surface area contributed by atoms with Crippen LogP contribution in [0.4, 0.5) is 17.6 Å². The van der Waals surface area contributed by atoms with Gasteiger partial charge in [0.05, 0.1) is 7.11 Å². The topological polar surface area (TPSA) is 46.5 Å². The van der Waals surface area contributed by atoms with Crippen LogP contribution in [0.2, 0.25) is 0 Å². The highest BCUT2D eigenvalue weighted by Gasteiger charge is 2.63. The molecule has 1 N–H and O–H groups in total. The highest BCUT2D eigenvalue weighted by Crippen LogP contribution is 2.43. The monoisotopic (exact) mass is 252 g/mol. The van der Waals surface area contributed by atoms with Crippen LogP contribution in [-0.4, -0.2) is 24.4 Å². The summed E-state index contributed by atoms with van der Waals surface area (Å²) in [7, 11) is 1.17. The lowest BCUT2D eigenvalue weighted by molar-refractivity contribution is -0.240. The molecule has 0 heterocycles. The number of aliphatic carboxylic acids is 1. The lowest BCUT2D eigenvalue weighted by Gasteiger charge is -2.24. The summed E-state index contributed by atoms with van der Waals surface area (Å²) in [5, 5.41) is 8.45. The van der Waals surface area contributed by atoms with Crippen molar-refractivity contribution in [1.29, 1.82) is 0 Å². The van der Waals surface area contributed by atoms with Crippen LogP contribution in [0, 0.1) is 0 Å². The second kappa shape index (κ2) is 4.23. The first-order valence-electron chi connectivity index (χ1n) is 4.37. The molecule has 0 bridgehead atoms. The van der Waals surface area contributed by atoms with Crippen molar-refractivity contribution in [1.82, 2.24) is 0 Å². The molecule has 0 aromatic heterocycles. The summed E-state index contributed by atoms with van der Waals surface area (Å²) >= 11 is 0. The molecule has 1 atom stereocenters. The van der Waals surface area contributed by atoms with E-state index in [0.29, 0.717) is 6.07 Å². The highest BCUT2D eigenvalue weighted by molar-refractivity contribution is 5.80. The number of ether oxygens (including phenoxy) is 1. The van der Waals surface area contributed by atoms with Crippen molar-refractivity contribution in [3.63, 3.8) is 0 Å². The number of hydrogen-bond acceptors (Lipinski definition) is 2. The van der Waals surface area contributed by atoms with E-state index >= 15 is 0 Å². The molecule has 0 aliphatic rings. The van der Waals surface area contributed by atoms with Gasteiger partial charge in [0.1, 0.15) is 5.75 Å². The van der Waals surface area contributed by atoms with Gasteiger partial charge in [-0.25, -0.2) is 9.18 Å². The van der Waals surface area contributed by atoms with Crippen molar-refractivity contribution < 1.29 is 32.2 Å². The van der Waals surface area contributed by atoms with Crippen LogP contribution in [0.5, 0.6) is 5.75 Å². The van der Waals surface area contributed by atoms with Gasteiger partial charge >= 0.3 is 17.8 Å². The number of halogens is 4. The number of carboxylic acid groups (broad SMARTS) is 1. The highest BCUT2D eigenvalue weighted by atomic mass is 19.4. The molecule has 17 heavy (non-hydrogen) atoms. The Morgan fingerprint density at radius 2 is 1.88 bits per heavy atom. The number of benzene rings is 1. The zero-order valence-electron chi connectivity index (χ0n) is 8.58.